The van der Waals surface area contributed by atoms with Crippen LogP contribution in [0.2, 0.25) is 0 Å². The molecule has 1 aromatic heterocycles. The monoisotopic (exact) mass is 382 g/mol. The van der Waals surface area contributed by atoms with Gasteiger partial charge in [0.2, 0.25) is 5.91 Å². The van der Waals surface area contributed by atoms with Crippen molar-refractivity contribution in [3.63, 3.8) is 0 Å². The molecule has 0 spiro atoms. The normalized spacial score (nSPS) is 14.6. The number of anilines is 1. The van der Waals surface area contributed by atoms with Gasteiger partial charge in [-0.25, -0.2) is 4.98 Å². The highest BCUT2D eigenvalue weighted by molar-refractivity contribution is 7.99. The highest BCUT2D eigenvalue weighted by atomic mass is 32.2. The first-order chi connectivity index (χ1) is 13.2. The number of para-hydroxylation sites is 2. The Bertz CT molecular complexity index is 884. The Hall–Kier alpha value is -2.67. The van der Waals surface area contributed by atoms with E-state index in [-0.39, 0.29) is 5.91 Å². The van der Waals surface area contributed by atoms with E-state index in [9.17, 15) is 4.79 Å². The van der Waals surface area contributed by atoms with Crippen LogP contribution in [0.3, 0.4) is 0 Å². The van der Waals surface area contributed by atoms with Crippen molar-refractivity contribution in [1.82, 2.24) is 14.9 Å². The number of rotatable bonds is 5. The highest BCUT2D eigenvalue weighted by Crippen LogP contribution is 2.22. The number of piperazine rings is 1. The van der Waals surface area contributed by atoms with Crippen LogP contribution in [0, 0.1) is 0 Å². The topological polar surface area (TPSA) is 61.5 Å². The lowest BCUT2D eigenvalue weighted by Gasteiger charge is -2.36. The van der Waals surface area contributed by atoms with E-state index in [0.717, 1.165) is 48.1 Å². The predicted molar refractivity (Wildman–Crippen MR) is 109 cm³/mol. The molecule has 1 saturated heterocycles. The lowest BCUT2D eigenvalue weighted by atomic mass is 10.2. The zero-order valence-corrected chi connectivity index (χ0v) is 16.0. The summed E-state index contributed by atoms with van der Waals surface area (Å²) in [5.41, 5.74) is 3.10. The molecule has 1 aliphatic heterocycles. The SMILES string of the molecule is COc1ccc(N2CCN(C(=O)CSc3nc4ccccc4[nH]3)CC2)cc1. The minimum atomic E-state index is 0.162. The molecule has 7 heteroatoms. The van der Waals surface area contributed by atoms with E-state index in [0.29, 0.717) is 5.75 Å². The van der Waals surface area contributed by atoms with Crippen molar-refractivity contribution in [3.8, 4) is 5.75 Å². The summed E-state index contributed by atoms with van der Waals surface area (Å²) in [7, 11) is 1.67. The molecule has 140 valence electrons. The van der Waals surface area contributed by atoms with Crippen LogP contribution in [0.4, 0.5) is 5.69 Å². The average Bonchev–Trinajstić information content (AvgIpc) is 3.15. The van der Waals surface area contributed by atoms with Crippen LogP contribution in [-0.4, -0.2) is 59.8 Å². The Morgan fingerprint density at radius 1 is 1.11 bits per heavy atom. The van der Waals surface area contributed by atoms with Gasteiger partial charge in [0.25, 0.3) is 0 Å². The molecule has 0 aliphatic carbocycles. The van der Waals surface area contributed by atoms with Gasteiger partial charge >= 0.3 is 0 Å². The number of aromatic nitrogens is 2. The number of hydrogen-bond donors (Lipinski definition) is 1. The largest absolute Gasteiger partial charge is 0.497 e. The Morgan fingerprint density at radius 2 is 1.85 bits per heavy atom. The number of hydrogen-bond acceptors (Lipinski definition) is 5. The number of imidazole rings is 1. The average molecular weight is 382 g/mol. The van der Waals surface area contributed by atoms with E-state index < -0.39 is 0 Å². The summed E-state index contributed by atoms with van der Waals surface area (Å²) in [6, 6.07) is 16.0. The Morgan fingerprint density at radius 3 is 2.56 bits per heavy atom. The van der Waals surface area contributed by atoms with Crippen LogP contribution in [0.15, 0.2) is 53.7 Å². The minimum absolute atomic E-state index is 0.162. The summed E-state index contributed by atoms with van der Waals surface area (Å²) in [6.45, 7) is 3.16. The fourth-order valence-electron chi connectivity index (χ4n) is 3.23. The molecule has 1 amide bonds. The van der Waals surface area contributed by atoms with Crippen molar-refractivity contribution in [3.05, 3.63) is 48.5 Å². The van der Waals surface area contributed by atoms with E-state index in [2.05, 4.69) is 27.0 Å². The first kappa shape index (κ1) is 17.7. The van der Waals surface area contributed by atoms with Crippen LogP contribution in [0.5, 0.6) is 5.75 Å². The number of aromatic amines is 1. The summed E-state index contributed by atoms with van der Waals surface area (Å²) < 4.78 is 5.21. The van der Waals surface area contributed by atoms with E-state index in [1.54, 1.807) is 7.11 Å². The molecule has 27 heavy (non-hydrogen) atoms. The molecule has 6 nitrogen and oxygen atoms in total. The van der Waals surface area contributed by atoms with Gasteiger partial charge in [-0.15, -0.1) is 0 Å². The standard InChI is InChI=1S/C20H22N4O2S/c1-26-16-8-6-15(7-9-16)23-10-12-24(13-11-23)19(25)14-27-20-21-17-4-2-3-5-18(17)22-20/h2-9H,10-14H2,1H3,(H,21,22). The summed E-state index contributed by atoms with van der Waals surface area (Å²) in [4.78, 5) is 24.6. The van der Waals surface area contributed by atoms with Crippen molar-refractivity contribution < 1.29 is 9.53 Å². The number of ether oxygens (including phenoxy) is 1. The van der Waals surface area contributed by atoms with Crippen LogP contribution >= 0.6 is 11.8 Å². The molecule has 0 radical (unpaired) electrons. The lowest BCUT2D eigenvalue weighted by molar-refractivity contribution is -0.128. The molecular weight excluding hydrogens is 360 g/mol. The molecule has 4 rings (SSSR count). The number of carbonyl (C=O) groups is 1. The number of benzene rings is 2. The second-order valence-electron chi connectivity index (χ2n) is 6.41. The van der Waals surface area contributed by atoms with Crippen LogP contribution in [0.25, 0.3) is 11.0 Å². The van der Waals surface area contributed by atoms with E-state index >= 15 is 0 Å². The smallest absolute Gasteiger partial charge is 0.233 e. The second kappa shape index (κ2) is 7.92. The van der Waals surface area contributed by atoms with E-state index in [1.165, 1.54) is 17.4 Å². The van der Waals surface area contributed by atoms with Gasteiger partial charge in [0.05, 0.1) is 23.9 Å². The van der Waals surface area contributed by atoms with Crippen LogP contribution in [-0.2, 0) is 4.79 Å². The quantitative estimate of drug-likeness (QED) is 0.688. The van der Waals surface area contributed by atoms with Crippen LogP contribution in [0.1, 0.15) is 0 Å². The molecule has 0 bridgehead atoms. The molecule has 3 aromatic rings. The summed E-state index contributed by atoms with van der Waals surface area (Å²) in [5, 5.41) is 0.793. The molecule has 1 fully saturated rings. The third-order valence-corrected chi connectivity index (χ3v) is 5.63. The maximum absolute atomic E-state index is 12.5. The lowest BCUT2D eigenvalue weighted by Crippen LogP contribution is -2.49. The van der Waals surface area contributed by atoms with Gasteiger partial charge < -0.3 is 19.5 Å². The number of nitrogens with zero attached hydrogens (tertiary/aromatic N) is 3. The zero-order chi connectivity index (χ0) is 18.6. The summed E-state index contributed by atoms with van der Waals surface area (Å²) in [6.07, 6.45) is 0. The van der Waals surface area contributed by atoms with Gasteiger partial charge in [0, 0.05) is 31.9 Å². The van der Waals surface area contributed by atoms with E-state index in [1.807, 2.05) is 41.3 Å². The van der Waals surface area contributed by atoms with Gasteiger partial charge in [0.15, 0.2) is 5.16 Å². The fourth-order valence-corrected chi connectivity index (χ4v) is 4.01. The molecule has 1 aliphatic rings. The maximum atomic E-state index is 12.5. The zero-order valence-electron chi connectivity index (χ0n) is 15.2. The number of carbonyl (C=O) groups excluding carboxylic acids is 1. The first-order valence-electron chi connectivity index (χ1n) is 8.97. The molecule has 2 aromatic carbocycles. The van der Waals surface area contributed by atoms with E-state index in [4.69, 9.17) is 4.74 Å². The van der Waals surface area contributed by atoms with Gasteiger partial charge in [-0.05, 0) is 36.4 Å². The maximum Gasteiger partial charge on any atom is 0.233 e. The van der Waals surface area contributed by atoms with Crippen molar-refractivity contribution >= 4 is 34.4 Å². The Kier molecular flexibility index (Phi) is 5.20. The van der Waals surface area contributed by atoms with Crippen LogP contribution < -0.4 is 9.64 Å². The summed E-state index contributed by atoms with van der Waals surface area (Å²) in [5.74, 6) is 1.42. The first-order valence-corrected chi connectivity index (χ1v) is 9.96. The number of nitrogens with one attached hydrogen (secondary N) is 1. The predicted octanol–water partition coefficient (Wildman–Crippen LogP) is 3.01. The second-order valence-corrected chi connectivity index (χ2v) is 7.38. The van der Waals surface area contributed by atoms with Crippen molar-refractivity contribution in [1.29, 1.82) is 0 Å². The van der Waals surface area contributed by atoms with Gasteiger partial charge in [-0.1, -0.05) is 23.9 Å². The molecule has 0 atom stereocenters. The number of fused-ring (bicyclic) bond motifs is 1. The Balaban J connectivity index is 1.29. The summed E-state index contributed by atoms with van der Waals surface area (Å²) >= 11 is 1.46. The number of methoxy groups -OCH3 is 1. The number of H-pyrrole nitrogens is 1. The number of thioether (sulfide) groups is 1. The fraction of sp³-hybridized carbons (Fsp3) is 0.300. The van der Waals surface area contributed by atoms with Gasteiger partial charge in [-0.2, -0.15) is 0 Å². The third kappa shape index (κ3) is 4.03. The third-order valence-electron chi connectivity index (χ3n) is 4.77. The van der Waals surface area contributed by atoms with Crippen molar-refractivity contribution in [2.24, 2.45) is 0 Å². The molecule has 0 unspecified atom stereocenters. The molecule has 2 heterocycles. The van der Waals surface area contributed by atoms with Gasteiger partial charge in [-0.3, -0.25) is 4.79 Å². The molecule has 1 N–H and O–H groups in total. The number of amides is 1. The van der Waals surface area contributed by atoms with Gasteiger partial charge in [0.1, 0.15) is 5.75 Å². The molecule has 0 saturated carbocycles. The molecular formula is C20H22N4O2S. The highest BCUT2D eigenvalue weighted by Gasteiger charge is 2.21. The Labute approximate surface area is 162 Å². The van der Waals surface area contributed by atoms with Crippen molar-refractivity contribution in [2.45, 2.75) is 5.16 Å². The minimum Gasteiger partial charge on any atom is -0.497 e. The van der Waals surface area contributed by atoms with Crippen molar-refractivity contribution in [2.75, 3.05) is 43.9 Å².